The number of hydrogen-bond acceptors (Lipinski definition) is 7. The fourth-order valence-electron chi connectivity index (χ4n) is 2.33. The smallest absolute Gasteiger partial charge is 0.301 e. The molecule has 2 aliphatic rings. The number of hydrogen-bond donors (Lipinski definition) is 1. The third kappa shape index (κ3) is 3.02. The third-order valence-corrected chi connectivity index (χ3v) is 5.33. The Morgan fingerprint density at radius 2 is 2.29 bits per heavy atom. The molecule has 8 nitrogen and oxygen atoms in total. The fraction of sp³-hybridized carbons (Fsp3) is 0.286. The van der Waals surface area contributed by atoms with Gasteiger partial charge in [-0.2, -0.15) is 9.48 Å². The highest BCUT2D eigenvalue weighted by atomic mass is 32.2. The Morgan fingerprint density at radius 1 is 1.50 bits per heavy atom. The van der Waals surface area contributed by atoms with Gasteiger partial charge < -0.3 is 5.32 Å². The van der Waals surface area contributed by atoms with Crippen LogP contribution in [-0.4, -0.2) is 64.2 Å². The van der Waals surface area contributed by atoms with Crippen molar-refractivity contribution in [2.45, 2.75) is 0 Å². The van der Waals surface area contributed by atoms with Gasteiger partial charge in [0, 0.05) is 16.5 Å². The zero-order valence-electron chi connectivity index (χ0n) is 12.9. The number of dihydropyridines is 1. The maximum absolute atomic E-state index is 12.4. The Balaban J connectivity index is 1.73. The minimum absolute atomic E-state index is 0.137. The highest BCUT2D eigenvalue weighted by Crippen LogP contribution is 2.31. The molecular weight excluding hydrogens is 350 g/mol. The van der Waals surface area contributed by atoms with Gasteiger partial charge in [0.1, 0.15) is 6.21 Å². The monoisotopic (exact) mass is 364 g/mol. The Morgan fingerprint density at radius 3 is 3.00 bits per heavy atom. The number of fused-ring (bicyclic) bond motifs is 1. The number of rotatable bonds is 4. The number of thioether (sulfide) groups is 1. The van der Waals surface area contributed by atoms with Crippen molar-refractivity contribution in [3.63, 3.8) is 0 Å². The Bertz CT molecular complexity index is 797. The molecule has 0 aromatic carbocycles. The molecule has 1 unspecified atom stereocenters. The van der Waals surface area contributed by atoms with Gasteiger partial charge in [-0.1, -0.05) is 0 Å². The molecule has 0 aliphatic carbocycles. The van der Waals surface area contributed by atoms with E-state index in [1.165, 1.54) is 40.9 Å². The second kappa shape index (κ2) is 6.65. The lowest BCUT2D eigenvalue weighted by atomic mass is 10.0. The first-order valence-corrected chi connectivity index (χ1v) is 8.84. The van der Waals surface area contributed by atoms with Crippen molar-refractivity contribution in [1.82, 2.24) is 9.88 Å². The predicted molar refractivity (Wildman–Crippen MR) is 92.6 cm³/mol. The number of amidine groups is 1. The Hall–Kier alpha value is -2.33. The summed E-state index contributed by atoms with van der Waals surface area (Å²) in [6.45, 7) is 0. The second-order valence-electron chi connectivity index (χ2n) is 5.05. The maximum atomic E-state index is 12.4. The van der Waals surface area contributed by atoms with Crippen molar-refractivity contribution in [3.8, 4) is 0 Å². The van der Waals surface area contributed by atoms with Crippen LogP contribution in [0.2, 0.25) is 0 Å². The van der Waals surface area contributed by atoms with Gasteiger partial charge in [-0.15, -0.1) is 28.1 Å². The Labute approximate surface area is 146 Å². The molecule has 0 spiro atoms. The van der Waals surface area contributed by atoms with Gasteiger partial charge in [-0.25, -0.2) is 9.78 Å². The molecule has 0 fully saturated rings. The molecule has 124 valence electrons. The van der Waals surface area contributed by atoms with Gasteiger partial charge in [0.2, 0.25) is 5.91 Å². The van der Waals surface area contributed by atoms with Gasteiger partial charge in [0.25, 0.3) is 5.84 Å². The van der Waals surface area contributed by atoms with Crippen LogP contribution < -0.4 is 5.32 Å². The first-order chi connectivity index (χ1) is 11.5. The lowest BCUT2D eigenvalue weighted by Gasteiger charge is -2.26. The van der Waals surface area contributed by atoms with Crippen molar-refractivity contribution >= 4 is 58.1 Å². The van der Waals surface area contributed by atoms with Crippen LogP contribution in [0.3, 0.4) is 0 Å². The van der Waals surface area contributed by atoms with Gasteiger partial charge >= 0.3 is 11.9 Å². The molecule has 1 aromatic heterocycles. The van der Waals surface area contributed by atoms with E-state index in [1.807, 2.05) is 0 Å². The predicted octanol–water partition coefficient (Wildman–Crippen LogP) is 1.03. The molecule has 1 aromatic rings. The zero-order chi connectivity index (χ0) is 17.3. The van der Waals surface area contributed by atoms with E-state index in [0.717, 1.165) is 4.90 Å². The second-order valence-corrected chi connectivity index (χ2v) is 6.99. The molecule has 2 aliphatic heterocycles. The van der Waals surface area contributed by atoms with E-state index in [-0.39, 0.29) is 17.6 Å². The SMILES string of the molecule is CN1C(=O)C2C(SCC(=O)Nc3nccs3)=CC=NC2=[N+](C)C1=O. The molecule has 0 saturated heterocycles. The highest BCUT2D eigenvalue weighted by molar-refractivity contribution is 8.03. The van der Waals surface area contributed by atoms with Gasteiger partial charge in [0.15, 0.2) is 11.0 Å². The number of amides is 4. The first kappa shape index (κ1) is 16.5. The summed E-state index contributed by atoms with van der Waals surface area (Å²) in [7, 11) is 3.02. The minimum Gasteiger partial charge on any atom is -0.301 e. The minimum atomic E-state index is -0.652. The lowest BCUT2D eigenvalue weighted by molar-refractivity contribution is -0.407. The molecule has 3 rings (SSSR count). The van der Waals surface area contributed by atoms with Crippen LogP contribution in [0.25, 0.3) is 0 Å². The van der Waals surface area contributed by atoms with Crippen molar-refractivity contribution in [2.24, 2.45) is 10.9 Å². The molecule has 3 heterocycles. The van der Waals surface area contributed by atoms with Gasteiger partial charge in [-0.05, 0) is 6.08 Å². The summed E-state index contributed by atoms with van der Waals surface area (Å²) in [6.07, 6.45) is 4.85. The largest absolute Gasteiger partial charge is 0.445 e. The molecule has 0 bridgehead atoms. The molecular formula is C14H14N5O3S2+. The quantitative estimate of drug-likeness (QED) is 0.806. The van der Waals surface area contributed by atoms with Crippen LogP contribution in [0.1, 0.15) is 0 Å². The number of imide groups is 1. The molecule has 0 radical (unpaired) electrons. The zero-order valence-corrected chi connectivity index (χ0v) is 14.6. The number of carbonyl (C=O) groups excluding carboxylic acids is 3. The van der Waals surface area contributed by atoms with Gasteiger partial charge in [-0.3, -0.25) is 9.59 Å². The van der Waals surface area contributed by atoms with E-state index in [0.29, 0.717) is 15.9 Å². The van der Waals surface area contributed by atoms with Gasteiger partial charge in [0.05, 0.1) is 19.8 Å². The van der Waals surface area contributed by atoms with Crippen LogP contribution in [0.5, 0.6) is 0 Å². The number of carbonyl (C=O) groups is 3. The summed E-state index contributed by atoms with van der Waals surface area (Å²) in [5.41, 5.74) is 0. The van der Waals surface area contributed by atoms with Crippen LogP contribution in [0, 0.1) is 5.92 Å². The standard InChI is InChI=1S/C14H13N5O3S2/c1-18-11-10(12(21)19(2)14(18)22)8(3-4-15-11)24-7-9(20)17-13-16-5-6-23-13/h3-6,10H,7H2,1-2H3/p+1. The summed E-state index contributed by atoms with van der Waals surface area (Å²) in [4.78, 5) is 46.3. The summed E-state index contributed by atoms with van der Waals surface area (Å²) in [5.74, 6) is -0.684. The van der Waals surface area contributed by atoms with E-state index in [9.17, 15) is 14.4 Å². The first-order valence-electron chi connectivity index (χ1n) is 6.97. The van der Waals surface area contributed by atoms with E-state index < -0.39 is 11.9 Å². The average Bonchev–Trinajstić information content (AvgIpc) is 3.08. The van der Waals surface area contributed by atoms with Crippen LogP contribution >= 0.6 is 23.1 Å². The molecule has 1 atom stereocenters. The summed E-state index contributed by atoms with van der Waals surface area (Å²) >= 11 is 2.59. The molecule has 4 amide bonds. The highest BCUT2D eigenvalue weighted by Gasteiger charge is 2.47. The summed E-state index contributed by atoms with van der Waals surface area (Å²) in [6, 6.07) is -0.420. The number of nitrogens with zero attached hydrogens (tertiary/aromatic N) is 4. The topological polar surface area (TPSA) is 94.7 Å². The molecule has 1 N–H and O–H groups in total. The number of aliphatic imine (C=N–C) groups is 1. The Kier molecular flexibility index (Phi) is 4.58. The average molecular weight is 364 g/mol. The number of thiazole rings is 1. The van der Waals surface area contributed by atoms with E-state index >= 15 is 0 Å². The number of urea groups is 1. The summed E-state index contributed by atoms with van der Waals surface area (Å²) < 4.78 is 1.35. The van der Waals surface area contributed by atoms with E-state index in [1.54, 1.807) is 24.7 Å². The number of nitrogens with one attached hydrogen (secondary N) is 1. The normalized spacial score (nSPS) is 20.2. The molecule has 0 saturated carbocycles. The van der Waals surface area contributed by atoms with Crippen molar-refractivity contribution in [3.05, 3.63) is 22.6 Å². The third-order valence-electron chi connectivity index (χ3n) is 3.53. The van der Waals surface area contributed by atoms with Crippen LogP contribution in [0.4, 0.5) is 9.93 Å². The fourth-order valence-corrected chi connectivity index (χ4v) is 3.77. The van der Waals surface area contributed by atoms with Crippen molar-refractivity contribution in [2.75, 3.05) is 25.2 Å². The summed E-state index contributed by atoms with van der Waals surface area (Å²) in [5, 5.41) is 4.99. The lowest BCUT2D eigenvalue weighted by Crippen LogP contribution is -2.52. The molecule has 24 heavy (non-hydrogen) atoms. The van der Waals surface area contributed by atoms with Crippen molar-refractivity contribution in [1.29, 1.82) is 0 Å². The number of anilines is 1. The van der Waals surface area contributed by atoms with E-state index in [4.69, 9.17) is 0 Å². The molecule has 10 heteroatoms. The van der Waals surface area contributed by atoms with E-state index in [2.05, 4.69) is 15.3 Å². The number of allylic oxidation sites excluding steroid dienone is 1. The maximum Gasteiger partial charge on any atom is 0.445 e. The van der Waals surface area contributed by atoms with Crippen molar-refractivity contribution < 1.29 is 19.0 Å². The van der Waals surface area contributed by atoms with Crippen LogP contribution in [-0.2, 0) is 9.59 Å². The van der Waals surface area contributed by atoms with Crippen LogP contribution in [0.15, 0.2) is 27.6 Å². The number of aromatic nitrogens is 1.